The van der Waals surface area contributed by atoms with Crippen LogP contribution in [0.15, 0.2) is 11.8 Å². The van der Waals surface area contributed by atoms with Crippen LogP contribution in [0, 0.1) is 16.7 Å². The third kappa shape index (κ3) is 1.35. The molecular formula is C14H23NO2. The van der Waals surface area contributed by atoms with Gasteiger partial charge in [-0.2, -0.15) is 0 Å². The van der Waals surface area contributed by atoms with E-state index in [0.29, 0.717) is 18.0 Å². The molecule has 2 fully saturated rings. The average Bonchev–Trinajstić information content (AvgIpc) is 2.48. The van der Waals surface area contributed by atoms with Crippen molar-refractivity contribution >= 4 is 5.78 Å². The highest BCUT2D eigenvalue weighted by molar-refractivity contribution is 5.98. The Morgan fingerprint density at radius 3 is 2.35 bits per heavy atom. The van der Waals surface area contributed by atoms with Gasteiger partial charge in [-0.3, -0.25) is 4.79 Å². The number of ketones is 1. The van der Waals surface area contributed by atoms with E-state index in [4.69, 9.17) is 5.73 Å². The highest BCUT2D eigenvalue weighted by atomic mass is 16.3. The van der Waals surface area contributed by atoms with Crippen molar-refractivity contribution in [2.24, 2.45) is 22.5 Å². The van der Waals surface area contributed by atoms with Crippen LogP contribution in [0.3, 0.4) is 0 Å². The zero-order valence-electron chi connectivity index (χ0n) is 11.2. The Balaban J connectivity index is 2.43. The van der Waals surface area contributed by atoms with Gasteiger partial charge in [-0.25, -0.2) is 0 Å². The van der Waals surface area contributed by atoms with E-state index in [1.165, 1.54) is 6.08 Å². The molecule has 3 heteroatoms. The summed E-state index contributed by atoms with van der Waals surface area (Å²) in [5, 5.41) is 10.8. The minimum Gasteiger partial charge on any atom is -0.402 e. The fourth-order valence-corrected chi connectivity index (χ4v) is 3.97. The fraction of sp³-hybridized carbons (Fsp3) is 0.786. The standard InChI is InChI=1S/C14H23NO2/c1-9(15)7-11(16)14(17)8-10-5-6-13(14,4)12(10,2)3/h7,10,17H,5-6,8,15H2,1-4H3/b9-7-/t10-,13-,14+/m1/s1. The van der Waals surface area contributed by atoms with Crippen LogP contribution in [0.5, 0.6) is 0 Å². The zero-order valence-corrected chi connectivity index (χ0v) is 11.2. The highest BCUT2D eigenvalue weighted by Gasteiger charge is 2.70. The van der Waals surface area contributed by atoms with Crippen molar-refractivity contribution in [1.82, 2.24) is 0 Å². The van der Waals surface area contributed by atoms with Gasteiger partial charge in [0.25, 0.3) is 0 Å². The lowest BCUT2D eigenvalue weighted by Crippen LogP contribution is -2.52. The van der Waals surface area contributed by atoms with E-state index >= 15 is 0 Å². The molecule has 3 atom stereocenters. The highest BCUT2D eigenvalue weighted by Crippen LogP contribution is 2.69. The number of hydrogen-bond acceptors (Lipinski definition) is 3. The lowest BCUT2D eigenvalue weighted by molar-refractivity contribution is -0.150. The average molecular weight is 237 g/mol. The van der Waals surface area contributed by atoms with Crippen LogP contribution in [0.1, 0.15) is 47.0 Å². The summed E-state index contributed by atoms with van der Waals surface area (Å²) in [5.41, 5.74) is 4.50. The Hall–Kier alpha value is -0.830. The number of nitrogens with two attached hydrogens (primary N) is 1. The Morgan fingerprint density at radius 2 is 2.00 bits per heavy atom. The maximum absolute atomic E-state index is 12.3. The molecule has 0 heterocycles. The number of carbonyl (C=O) groups excluding carboxylic acids is 1. The van der Waals surface area contributed by atoms with Crippen molar-refractivity contribution in [3.63, 3.8) is 0 Å². The van der Waals surface area contributed by atoms with Gasteiger partial charge in [-0.05, 0) is 37.5 Å². The topological polar surface area (TPSA) is 63.3 Å². The molecule has 2 saturated carbocycles. The lowest BCUT2D eigenvalue weighted by atomic mass is 9.63. The molecule has 0 aromatic rings. The summed E-state index contributed by atoms with van der Waals surface area (Å²) >= 11 is 0. The molecule has 2 bridgehead atoms. The van der Waals surface area contributed by atoms with E-state index in [1.807, 2.05) is 0 Å². The first-order valence-corrected chi connectivity index (χ1v) is 6.36. The maximum atomic E-state index is 12.3. The Morgan fingerprint density at radius 1 is 1.41 bits per heavy atom. The number of fused-ring (bicyclic) bond motifs is 2. The van der Waals surface area contributed by atoms with E-state index in [9.17, 15) is 9.90 Å². The molecule has 96 valence electrons. The van der Waals surface area contributed by atoms with Crippen LogP contribution in [-0.2, 0) is 4.79 Å². The van der Waals surface area contributed by atoms with E-state index in [-0.39, 0.29) is 16.6 Å². The molecule has 0 spiro atoms. The van der Waals surface area contributed by atoms with Crippen LogP contribution in [0.2, 0.25) is 0 Å². The van der Waals surface area contributed by atoms with Crippen molar-refractivity contribution < 1.29 is 9.90 Å². The first kappa shape index (κ1) is 12.6. The molecule has 0 radical (unpaired) electrons. The molecular weight excluding hydrogens is 214 g/mol. The quantitative estimate of drug-likeness (QED) is 0.722. The second-order valence-corrected chi connectivity index (χ2v) is 6.61. The summed E-state index contributed by atoms with van der Waals surface area (Å²) < 4.78 is 0. The summed E-state index contributed by atoms with van der Waals surface area (Å²) in [6.45, 7) is 8.09. The van der Waals surface area contributed by atoms with E-state index in [2.05, 4.69) is 20.8 Å². The summed E-state index contributed by atoms with van der Waals surface area (Å²) in [6.07, 6.45) is 4.01. The molecule has 2 rings (SSSR count). The SMILES string of the molecule is C/C(N)=C/C(=O)[C@@]1(O)C[C@H]2CC[C@]1(C)C2(C)C. The molecule has 0 saturated heterocycles. The van der Waals surface area contributed by atoms with Gasteiger partial charge in [-0.1, -0.05) is 20.8 Å². The normalized spacial score (nSPS) is 44.1. The zero-order chi connectivity index (χ0) is 13.1. The number of allylic oxidation sites excluding steroid dienone is 1. The minimum absolute atomic E-state index is 0.0216. The molecule has 2 aliphatic rings. The van der Waals surface area contributed by atoms with Crippen LogP contribution < -0.4 is 5.73 Å². The van der Waals surface area contributed by atoms with Gasteiger partial charge >= 0.3 is 0 Å². The van der Waals surface area contributed by atoms with Gasteiger partial charge in [0.1, 0.15) is 5.60 Å². The molecule has 17 heavy (non-hydrogen) atoms. The Bertz CT molecular complexity index is 395. The van der Waals surface area contributed by atoms with Gasteiger partial charge in [0.2, 0.25) is 0 Å². The molecule has 2 aliphatic carbocycles. The first-order chi connectivity index (χ1) is 7.65. The Kier molecular flexibility index (Phi) is 2.48. The molecule has 0 aliphatic heterocycles. The minimum atomic E-state index is -1.22. The largest absolute Gasteiger partial charge is 0.402 e. The van der Waals surface area contributed by atoms with Crippen molar-refractivity contribution in [3.05, 3.63) is 11.8 Å². The molecule has 3 N–H and O–H groups in total. The smallest absolute Gasteiger partial charge is 0.189 e. The molecule has 3 nitrogen and oxygen atoms in total. The van der Waals surface area contributed by atoms with Gasteiger partial charge in [0, 0.05) is 17.2 Å². The van der Waals surface area contributed by atoms with Crippen molar-refractivity contribution in [3.8, 4) is 0 Å². The van der Waals surface area contributed by atoms with Crippen LogP contribution in [-0.4, -0.2) is 16.5 Å². The summed E-state index contributed by atoms with van der Waals surface area (Å²) in [5.74, 6) is 0.225. The lowest BCUT2D eigenvalue weighted by Gasteiger charge is -2.43. The number of carbonyl (C=O) groups is 1. The number of rotatable bonds is 2. The van der Waals surface area contributed by atoms with Gasteiger partial charge in [-0.15, -0.1) is 0 Å². The third-order valence-corrected chi connectivity index (χ3v) is 5.66. The van der Waals surface area contributed by atoms with Crippen molar-refractivity contribution in [2.45, 2.75) is 52.6 Å². The molecule has 0 amide bonds. The van der Waals surface area contributed by atoms with E-state index in [0.717, 1.165) is 12.8 Å². The Labute approximate surface area is 103 Å². The molecule has 0 aromatic heterocycles. The summed E-state index contributed by atoms with van der Waals surface area (Å²) in [4.78, 5) is 12.3. The van der Waals surface area contributed by atoms with Gasteiger partial charge < -0.3 is 10.8 Å². The summed E-state index contributed by atoms with van der Waals surface area (Å²) in [6, 6.07) is 0. The first-order valence-electron chi connectivity index (χ1n) is 6.36. The van der Waals surface area contributed by atoms with Crippen LogP contribution in [0.25, 0.3) is 0 Å². The molecule has 0 aromatic carbocycles. The predicted octanol–water partition coefficient (Wildman–Crippen LogP) is 2.00. The third-order valence-electron chi connectivity index (χ3n) is 5.66. The van der Waals surface area contributed by atoms with Crippen molar-refractivity contribution in [1.29, 1.82) is 0 Å². The fourth-order valence-electron chi connectivity index (χ4n) is 3.97. The monoisotopic (exact) mass is 237 g/mol. The van der Waals surface area contributed by atoms with Gasteiger partial charge in [0.15, 0.2) is 5.78 Å². The molecule has 0 unspecified atom stereocenters. The second-order valence-electron chi connectivity index (χ2n) is 6.61. The summed E-state index contributed by atoms with van der Waals surface area (Å²) in [7, 11) is 0. The number of hydrogen-bond donors (Lipinski definition) is 2. The predicted molar refractivity (Wildman–Crippen MR) is 67.1 cm³/mol. The van der Waals surface area contributed by atoms with E-state index in [1.54, 1.807) is 6.92 Å². The van der Waals surface area contributed by atoms with Gasteiger partial charge in [0.05, 0.1) is 0 Å². The second kappa shape index (κ2) is 3.35. The van der Waals surface area contributed by atoms with Crippen LogP contribution in [0.4, 0.5) is 0 Å². The maximum Gasteiger partial charge on any atom is 0.189 e. The van der Waals surface area contributed by atoms with E-state index < -0.39 is 5.60 Å². The van der Waals surface area contributed by atoms with Crippen LogP contribution >= 0.6 is 0 Å². The number of aliphatic hydroxyl groups is 1. The van der Waals surface area contributed by atoms with Crippen molar-refractivity contribution in [2.75, 3.05) is 0 Å².